The number of rotatable bonds is 4. The molecule has 1 amide bonds. The molecule has 0 saturated heterocycles. The lowest BCUT2D eigenvalue weighted by Crippen LogP contribution is -2.47. The van der Waals surface area contributed by atoms with Crippen molar-refractivity contribution in [3.05, 3.63) is 0 Å². The molecule has 0 spiro atoms. The first-order valence-electron chi connectivity index (χ1n) is 4.81. The molecule has 0 atom stereocenters. The van der Waals surface area contributed by atoms with Gasteiger partial charge >= 0.3 is 11.9 Å². The Balaban J connectivity index is 2.51. The number of hydrogen-bond acceptors (Lipinski definition) is 3. The van der Waals surface area contributed by atoms with Gasteiger partial charge in [0.25, 0.3) is 0 Å². The Labute approximate surface area is 82.3 Å². The molecule has 0 aromatic carbocycles. The minimum atomic E-state index is -1.41. The van der Waals surface area contributed by atoms with Crippen LogP contribution in [0, 0.1) is 0 Å². The van der Waals surface area contributed by atoms with E-state index < -0.39 is 11.9 Å². The molecule has 0 radical (unpaired) electrons. The maximum absolute atomic E-state index is 11.2. The Kier molecular flexibility index (Phi) is 3.88. The van der Waals surface area contributed by atoms with Crippen LogP contribution >= 0.6 is 0 Å². The number of hydrogen-bond donors (Lipinski definition) is 2. The Hall–Kier alpha value is -1.10. The zero-order valence-corrected chi connectivity index (χ0v) is 7.98. The number of aliphatic carboxylic acids is 1. The largest absolute Gasteiger partial charge is 0.474 e. The van der Waals surface area contributed by atoms with Gasteiger partial charge in [0, 0.05) is 19.2 Å². The van der Waals surface area contributed by atoms with E-state index in [-0.39, 0.29) is 12.6 Å². The topological polar surface area (TPSA) is 77.8 Å². The highest BCUT2D eigenvalue weighted by atomic mass is 16.4. The van der Waals surface area contributed by atoms with Crippen LogP contribution < -0.4 is 0 Å². The molecule has 2 N–H and O–H groups in total. The summed E-state index contributed by atoms with van der Waals surface area (Å²) >= 11 is 0. The first-order valence-corrected chi connectivity index (χ1v) is 4.81. The number of carboxylic acid groups (broad SMARTS) is 1. The van der Waals surface area contributed by atoms with Crippen molar-refractivity contribution in [3.63, 3.8) is 0 Å². The molecule has 1 fully saturated rings. The molecule has 5 nitrogen and oxygen atoms in total. The molecule has 1 aliphatic rings. The van der Waals surface area contributed by atoms with Crippen LogP contribution in [0.25, 0.3) is 0 Å². The summed E-state index contributed by atoms with van der Waals surface area (Å²) in [5.41, 5.74) is 0. The predicted octanol–water partition coefficient (Wildman–Crippen LogP) is -0.165. The molecule has 80 valence electrons. The molecule has 0 aliphatic heterocycles. The van der Waals surface area contributed by atoms with Crippen molar-refractivity contribution in [2.75, 3.05) is 13.2 Å². The van der Waals surface area contributed by atoms with Gasteiger partial charge in [-0.3, -0.25) is 4.79 Å². The fourth-order valence-electron chi connectivity index (χ4n) is 1.51. The summed E-state index contributed by atoms with van der Waals surface area (Å²) < 4.78 is 0. The molecule has 0 aromatic rings. The summed E-state index contributed by atoms with van der Waals surface area (Å²) in [4.78, 5) is 23.1. The highest BCUT2D eigenvalue weighted by molar-refractivity contribution is 6.31. The number of carbonyl (C=O) groups excluding carboxylic acids is 1. The number of aliphatic hydroxyl groups excluding tert-OH is 1. The average molecular weight is 201 g/mol. The van der Waals surface area contributed by atoms with Gasteiger partial charge in [0.2, 0.25) is 0 Å². The first-order chi connectivity index (χ1) is 6.66. The van der Waals surface area contributed by atoms with Gasteiger partial charge in [-0.25, -0.2) is 4.79 Å². The molecule has 0 bridgehead atoms. The standard InChI is InChI=1S/C9H15NO4/c11-6-2-5-10(7-3-1-4-7)8(12)9(13)14/h7,11H,1-6H2,(H,13,14). The second kappa shape index (κ2) is 4.95. The number of aliphatic hydroxyl groups is 1. The quantitative estimate of drug-likeness (QED) is 0.619. The molecular weight excluding hydrogens is 186 g/mol. The maximum Gasteiger partial charge on any atom is 0.394 e. The Bertz CT molecular complexity index is 225. The van der Waals surface area contributed by atoms with Crippen LogP contribution in [0.4, 0.5) is 0 Å². The lowest BCUT2D eigenvalue weighted by atomic mass is 9.91. The Morgan fingerprint density at radius 1 is 1.36 bits per heavy atom. The molecular formula is C9H15NO4. The van der Waals surface area contributed by atoms with E-state index in [0.29, 0.717) is 13.0 Å². The molecule has 5 heteroatoms. The summed E-state index contributed by atoms with van der Waals surface area (Å²) in [6, 6.07) is 0.0742. The third kappa shape index (κ3) is 2.45. The lowest BCUT2D eigenvalue weighted by Gasteiger charge is -2.36. The summed E-state index contributed by atoms with van der Waals surface area (Å²) in [6.45, 7) is 0.322. The van der Waals surface area contributed by atoms with Crippen LogP contribution in [0.2, 0.25) is 0 Å². The number of amides is 1. The summed E-state index contributed by atoms with van der Waals surface area (Å²) in [5.74, 6) is -2.25. The van der Waals surface area contributed by atoms with Crippen molar-refractivity contribution < 1.29 is 19.8 Å². The van der Waals surface area contributed by atoms with E-state index in [2.05, 4.69) is 0 Å². The minimum Gasteiger partial charge on any atom is -0.474 e. The van der Waals surface area contributed by atoms with Gasteiger partial charge in [0.15, 0.2) is 0 Å². The highest BCUT2D eigenvalue weighted by Gasteiger charge is 2.31. The molecule has 1 aliphatic carbocycles. The van der Waals surface area contributed by atoms with Crippen LogP contribution in [-0.4, -0.2) is 46.2 Å². The number of carboxylic acids is 1. The fourth-order valence-corrected chi connectivity index (χ4v) is 1.51. The van der Waals surface area contributed by atoms with E-state index in [1.165, 1.54) is 4.90 Å². The zero-order chi connectivity index (χ0) is 10.6. The van der Waals surface area contributed by atoms with Crippen LogP contribution in [0.3, 0.4) is 0 Å². The molecule has 0 aromatic heterocycles. The van der Waals surface area contributed by atoms with E-state index in [0.717, 1.165) is 19.3 Å². The second-order valence-corrected chi connectivity index (χ2v) is 3.47. The first kappa shape index (κ1) is 11.0. The third-order valence-corrected chi connectivity index (χ3v) is 2.52. The average Bonchev–Trinajstić information content (AvgIpc) is 2.07. The molecule has 1 rings (SSSR count). The van der Waals surface area contributed by atoms with E-state index in [1.54, 1.807) is 0 Å². The van der Waals surface area contributed by atoms with Crippen LogP contribution in [0.5, 0.6) is 0 Å². The normalized spacial score (nSPS) is 16.1. The molecule has 0 heterocycles. The number of carbonyl (C=O) groups is 2. The summed E-state index contributed by atoms with van der Waals surface area (Å²) in [5, 5.41) is 17.2. The van der Waals surface area contributed by atoms with Crippen molar-refractivity contribution in [3.8, 4) is 0 Å². The molecule has 14 heavy (non-hydrogen) atoms. The highest BCUT2D eigenvalue weighted by Crippen LogP contribution is 2.24. The maximum atomic E-state index is 11.2. The third-order valence-electron chi connectivity index (χ3n) is 2.52. The SMILES string of the molecule is O=C(O)C(=O)N(CCCO)C1CCC1. The molecule has 1 saturated carbocycles. The summed E-state index contributed by atoms with van der Waals surface area (Å²) in [7, 11) is 0. The van der Waals surface area contributed by atoms with Crippen LogP contribution in [0.15, 0.2) is 0 Å². The molecule has 0 unspecified atom stereocenters. The van der Waals surface area contributed by atoms with Gasteiger partial charge in [-0.1, -0.05) is 0 Å². The van der Waals surface area contributed by atoms with Gasteiger partial charge in [-0.15, -0.1) is 0 Å². The van der Waals surface area contributed by atoms with Gasteiger partial charge in [0.05, 0.1) is 0 Å². The van der Waals surface area contributed by atoms with Crippen molar-refractivity contribution in [1.29, 1.82) is 0 Å². The van der Waals surface area contributed by atoms with Crippen molar-refractivity contribution in [2.45, 2.75) is 31.7 Å². The Morgan fingerprint density at radius 3 is 2.36 bits per heavy atom. The van der Waals surface area contributed by atoms with Crippen LogP contribution in [0.1, 0.15) is 25.7 Å². The number of nitrogens with zero attached hydrogens (tertiary/aromatic N) is 1. The summed E-state index contributed by atoms with van der Waals surface area (Å²) in [6.07, 6.45) is 3.25. The zero-order valence-electron chi connectivity index (χ0n) is 7.98. The van der Waals surface area contributed by atoms with E-state index in [1.807, 2.05) is 0 Å². The van der Waals surface area contributed by atoms with Gasteiger partial charge in [-0.2, -0.15) is 0 Å². The van der Waals surface area contributed by atoms with E-state index in [9.17, 15) is 9.59 Å². The van der Waals surface area contributed by atoms with Crippen molar-refractivity contribution >= 4 is 11.9 Å². The fraction of sp³-hybridized carbons (Fsp3) is 0.778. The Morgan fingerprint density at radius 2 is 2.00 bits per heavy atom. The van der Waals surface area contributed by atoms with Crippen molar-refractivity contribution in [1.82, 2.24) is 4.90 Å². The van der Waals surface area contributed by atoms with Crippen molar-refractivity contribution in [2.24, 2.45) is 0 Å². The van der Waals surface area contributed by atoms with Gasteiger partial charge < -0.3 is 15.1 Å². The second-order valence-electron chi connectivity index (χ2n) is 3.47. The van der Waals surface area contributed by atoms with Gasteiger partial charge in [-0.05, 0) is 25.7 Å². The lowest BCUT2D eigenvalue weighted by molar-refractivity contribution is -0.158. The predicted molar refractivity (Wildman–Crippen MR) is 48.7 cm³/mol. The van der Waals surface area contributed by atoms with Crippen LogP contribution in [-0.2, 0) is 9.59 Å². The minimum absolute atomic E-state index is 0.0177. The van der Waals surface area contributed by atoms with E-state index >= 15 is 0 Å². The monoisotopic (exact) mass is 201 g/mol. The smallest absolute Gasteiger partial charge is 0.394 e. The van der Waals surface area contributed by atoms with Gasteiger partial charge in [0.1, 0.15) is 0 Å². The van der Waals surface area contributed by atoms with E-state index in [4.69, 9.17) is 10.2 Å².